The molecule has 0 heterocycles. The lowest BCUT2D eigenvalue weighted by Gasteiger charge is -2.33. The smallest absolute Gasteiger partial charge is 0.323 e. The largest absolute Gasteiger partial charge is 0.480 e. The highest BCUT2D eigenvalue weighted by Crippen LogP contribution is 2.26. The Bertz CT molecular complexity index is 292. The van der Waals surface area contributed by atoms with Crippen LogP contribution in [0.3, 0.4) is 0 Å². The highest BCUT2D eigenvalue weighted by molar-refractivity contribution is 5.80. The normalized spacial score (nSPS) is 15.0. The molecule has 1 N–H and O–H groups in total. The second-order valence-corrected chi connectivity index (χ2v) is 4.77. The molecule has 2 amide bonds. The fourth-order valence-electron chi connectivity index (χ4n) is 1.99. The summed E-state index contributed by atoms with van der Waals surface area (Å²) in [5.74, 6) is -0.426. The molecule has 0 spiro atoms. The van der Waals surface area contributed by atoms with E-state index < -0.39 is 5.97 Å². The third kappa shape index (κ3) is 4.52. The quantitative estimate of drug-likeness (QED) is 0.735. The summed E-state index contributed by atoms with van der Waals surface area (Å²) in [5, 5.41) is 8.80. The zero-order valence-corrected chi connectivity index (χ0v) is 11.1. The van der Waals surface area contributed by atoms with Crippen molar-refractivity contribution in [1.82, 2.24) is 9.80 Å². The van der Waals surface area contributed by atoms with Crippen molar-refractivity contribution in [1.29, 1.82) is 0 Å². The molecule has 104 valence electrons. The van der Waals surface area contributed by atoms with Gasteiger partial charge in [0.05, 0.1) is 6.61 Å². The van der Waals surface area contributed by atoms with Crippen molar-refractivity contribution in [2.24, 2.45) is 5.92 Å². The van der Waals surface area contributed by atoms with Gasteiger partial charge in [0.15, 0.2) is 0 Å². The number of urea groups is 1. The molecule has 6 nitrogen and oxygen atoms in total. The number of carbonyl (C=O) groups is 2. The fourth-order valence-corrected chi connectivity index (χ4v) is 1.99. The number of methoxy groups -OCH3 is 1. The molecular formula is C12H22N2O4. The van der Waals surface area contributed by atoms with Crippen LogP contribution < -0.4 is 0 Å². The molecule has 0 atom stereocenters. The number of carboxylic acids is 1. The summed E-state index contributed by atoms with van der Waals surface area (Å²) in [4.78, 5) is 25.8. The van der Waals surface area contributed by atoms with Gasteiger partial charge in [-0.2, -0.15) is 0 Å². The van der Waals surface area contributed by atoms with Gasteiger partial charge in [0.2, 0.25) is 0 Å². The van der Waals surface area contributed by atoms with E-state index >= 15 is 0 Å². The second-order valence-electron chi connectivity index (χ2n) is 4.77. The zero-order valence-electron chi connectivity index (χ0n) is 11.1. The van der Waals surface area contributed by atoms with Crippen molar-refractivity contribution in [3.63, 3.8) is 0 Å². The van der Waals surface area contributed by atoms with Gasteiger partial charge in [-0.1, -0.05) is 6.42 Å². The third-order valence-electron chi connectivity index (χ3n) is 3.25. The molecule has 0 radical (unpaired) electrons. The lowest BCUT2D eigenvalue weighted by Crippen LogP contribution is -2.47. The van der Waals surface area contributed by atoms with Crippen molar-refractivity contribution in [3.8, 4) is 0 Å². The van der Waals surface area contributed by atoms with Crippen LogP contribution in [0.25, 0.3) is 0 Å². The molecule has 0 aliphatic heterocycles. The first-order chi connectivity index (χ1) is 8.54. The molecule has 1 aliphatic carbocycles. The van der Waals surface area contributed by atoms with Crippen LogP contribution in [0.2, 0.25) is 0 Å². The highest BCUT2D eigenvalue weighted by Gasteiger charge is 2.25. The number of hydrogen-bond acceptors (Lipinski definition) is 3. The minimum absolute atomic E-state index is 0.235. The van der Waals surface area contributed by atoms with Gasteiger partial charge in [-0.3, -0.25) is 4.79 Å². The lowest BCUT2D eigenvalue weighted by atomic mass is 9.85. The average Bonchev–Trinajstić information content (AvgIpc) is 2.27. The van der Waals surface area contributed by atoms with E-state index in [1.165, 1.54) is 18.4 Å². The van der Waals surface area contributed by atoms with Crippen LogP contribution in [0.15, 0.2) is 0 Å². The van der Waals surface area contributed by atoms with Crippen molar-refractivity contribution in [3.05, 3.63) is 0 Å². The lowest BCUT2D eigenvalue weighted by molar-refractivity contribution is -0.137. The molecule has 0 unspecified atom stereocenters. The van der Waals surface area contributed by atoms with E-state index in [-0.39, 0.29) is 12.6 Å². The molecule has 0 aromatic heterocycles. The van der Waals surface area contributed by atoms with Gasteiger partial charge in [-0.05, 0) is 18.8 Å². The molecule has 0 aromatic carbocycles. The van der Waals surface area contributed by atoms with Crippen LogP contribution in [0.1, 0.15) is 19.3 Å². The number of aliphatic carboxylic acids is 1. The number of amides is 2. The standard InChI is InChI=1S/C12H22N2O4/c1-13(8-10-4-3-5-10)12(17)14(6-7-18-2)9-11(15)16/h10H,3-9H2,1-2H3,(H,15,16). The number of hydrogen-bond donors (Lipinski definition) is 1. The fraction of sp³-hybridized carbons (Fsp3) is 0.833. The topological polar surface area (TPSA) is 70.1 Å². The monoisotopic (exact) mass is 258 g/mol. The summed E-state index contributed by atoms with van der Waals surface area (Å²) >= 11 is 0. The van der Waals surface area contributed by atoms with Gasteiger partial charge in [0.25, 0.3) is 0 Å². The highest BCUT2D eigenvalue weighted by atomic mass is 16.5. The Morgan fingerprint density at radius 2 is 2.06 bits per heavy atom. The summed E-state index contributed by atoms with van der Waals surface area (Å²) in [6.07, 6.45) is 3.55. The van der Waals surface area contributed by atoms with Crippen molar-refractivity contribution < 1.29 is 19.4 Å². The summed E-state index contributed by atoms with van der Waals surface area (Å²) in [7, 11) is 3.25. The molecule has 6 heteroatoms. The SMILES string of the molecule is COCCN(CC(=O)O)C(=O)N(C)CC1CCC1. The Morgan fingerprint density at radius 3 is 2.50 bits per heavy atom. The van der Waals surface area contributed by atoms with Crippen LogP contribution in [-0.2, 0) is 9.53 Å². The Morgan fingerprint density at radius 1 is 1.39 bits per heavy atom. The predicted molar refractivity (Wildman–Crippen MR) is 66.5 cm³/mol. The average molecular weight is 258 g/mol. The summed E-state index contributed by atoms with van der Waals surface area (Å²) in [6.45, 7) is 1.08. The van der Waals surface area contributed by atoms with Crippen molar-refractivity contribution in [2.75, 3.05) is 40.4 Å². The van der Waals surface area contributed by atoms with E-state index in [0.29, 0.717) is 25.6 Å². The maximum Gasteiger partial charge on any atom is 0.323 e. The van der Waals surface area contributed by atoms with Gasteiger partial charge >= 0.3 is 12.0 Å². The van der Waals surface area contributed by atoms with E-state index in [1.54, 1.807) is 11.9 Å². The Labute approximate surface area is 107 Å². The van der Waals surface area contributed by atoms with Gasteiger partial charge in [-0.25, -0.2) is 4.79 Å². The molecule has 0 bridgehead atoms. The van der Waals surface area contributed by atoms with Crippen molar-refractivity contribution >= 4 is 12.0 Å². The summed E-state index contributed by atoms with van der Waals surface area (Å²) in [6, 6.07) is -0.235. The minimum Gasteiger partial charge on any atom is -0.480 e. The van der Waals surface area contributed by atoms with Crippen LogP contribution in [0, 0.1) is 5.92 Å². The molecule has 1 saturated carbocycles. The number of carboxylic acid groups (broad SMARTS) is 1. The molecule has 1 aliphatic rings. The first kappa shape index (κ1) is 14.8. The van der Waals surface area contributed by atoms with Crippen molar-refractivity contribution in [2.45, 2.75) is 19.3 Å². The number of ether oxygens (including phenoxy) is 1. The third-order valence-corrected chi connectivity index (χ3v) is 3.25. The molecule has 1 rings (SSSR count). The Hall–Kier alpha value is -1.30. The first-order valence-corrected chi connectivity index (χ1v) is 6.25. The van der Waals surface area contributed by atoms with Gasteiger partial charge in [0, 0.05) is 27.2 Å². The van der Waals surface area contributed by atoms with E-state index in [1.807, 2.05) is 0 Å². The van der Waals surface area contributed by atoms with Crippen LogP contribution in [0.4, 0.5) is 4.79 Å². The number of rotatable bonds is 7. The van der Waals surface area contributed by atoms with Crippen LogP contribution in [0.5, 0.6) is 0 Å². The van der Waals surface area contributed by atoms with E-state index in [0.717, 1.165) is 12.8 Å². The summed E-state index contributed by atoms with van der Waals surface area (Å²) in [5.41, 5.74) is 0. The minimum atomic E-state index is -1.00. The van der Waals surface area contributed by atoms with E-state index in [9.17, 15) is 9.59 Å². The van der Waals surface area contributed by atoms with Crippen LogP contribution >= 0.6 is 0 Å². The maximum absolute atomic E-state index is 12.1. The molecule has 0 saturated heterocycles. The van der Waals surface area contributed by atoms with E-state index in [4.69, 9.17) is 9.84 Å². The second kappa shape index (κ2) is 7.20. The van der Waals surface area contributed by atoms with Gasteiger partial charge in [-0.15, -0.1) is 0 Å². The number of nitrogens with zero attached hydrogens (tertiary/aromatic N) is 2. The molecule has 18 heavy (non-hydrogen) atoms. The summed E-state index contributed by atoms with van der Waals surface area (Å²) < 4.78 is 4.89. The molecular weight excluding hydrogens is 236 g/mol. The van der Waals surface area contributed by atoms with Crippen LogP contribution in [-0.4, -0.2) is 67.3 Å². The Balaban J connectivity index is 2.46. The molecule has 1 fully saturated rings. The van der Waals surface area contributed by atoms with Gasteiger partial charge in [0.1, 0.15) is 6.54 Å². The Kier molecular flexibility index (Phi) is 5.91. The zero-order chi connectivity index (χ0) is 13.5. The maximum atomic E-state index is 12.1. The van der Waals surface area contributed by atoms with E-state index in [2.05, 4.69) is 0 Å². The number of carbonyl (C=O) groups excluding carboxylic acids is 1. The van der Waals surface area contributed by atoms with Gasteiger partial charge < -0.3 is 19.6 Å². The predicted octanol–water partition coefficient (Wildman–Crippen LogP) is 0.871. The first-order valence-electron chi connectivity index (χ1n) is 6.25. The molecule has 0 aromatic rings.